The second-order valence-corrected chi connectivity index (χ2v) is 5.56. The highest BCUT2D eigenvalue weighted by Gasteiger charge is 2.04. The molecule has 7 nitrogen and oxygen atoms in total. The minimum atomic E-state index is -0.543. The maximum Gasteiger partial charge on any atom is 0.411 e. The van der Waals surface area contributed by atoms with Crippen LogP contribution in [0.1, 0.15) is 5.56 Å². The first-order chi connectivity index (χ1) is 12.0. The van der Waals surface area contributed by atoms with Crippen molar-refractivity contribution in [2.45, 2.75) is 6.54 Å². The van der Waals surface area contributed by atoms with Gasteiger partial charge in [0, 0.05) is 37.7 Å². The van der Waals surface area contributed by atoms with Gasteiger partial charge < -0.3 is 20.3 Å². The largest absolute Gasteiger partial charge is 0.453 e. The van der Waals surface area contributed by atoms with Crippen LogP contribution in [0.25, 0.3) is 0 Å². The number of carbonyl (C=O) groups is 2. The smallest absolute Gasteiger partial charge is 0.411 e. The van der Waals surface area contributed by atoms with Gasteiger partial charge in [-0.3, -0.25) is 5.32 Å². The molecule has 3 amide bonds. The van der Waals surface area contributed by atoms with Crippen LogP contribution in [0, 0.1) is 0 Å². The molecule has 0 spiro atoms. The van der Waals surface area contributed by atoms with Crippen molar-refractivity contribution >= 4 is 29.2 Å². The molecular formula is C18H22N4O3. The Morgan fingerprint density at radius 2 is 1.48 bits per heavy atom. The molecule has 2 rings (SSSR count). The number of rotatable bonds is 5. The van der Waals surface area contributed by atoms with Crippen LogP contribution in [0.15, 0.2) is 48.5 Å². The Morgan fingerprint density at radius 3 is 2.00 bits per heavy atom. The average Bonchev–Trinajstić information content (AvgIpc) is 2.62. The molecule has 0 saturated carbocycles. The van der Waals surface area contributed by atoms with E-state index in [4.69, 9.17) is 0 Å². The number of hydrogen-bond donors (Lipinski definition) is 3. The van der Waals surface area contributed by atoms with E-state index in [9.17, 15) is 9.59 Å². The Labute approximate surface area is 147 Å². The molecule has 0 atom stereocenters. The van der Waals surface area contributed by atoms with Crippen molar-refractivity contribution in [2.75, 3.05) is 36.7 Å². The molecule has 0 aliphatic heterocycles. The molecule has 7 heteroatoms. The fourth-order valence-corrected chi connectivity index (χ4v) is 2.08. The summed E-state index contributed by atoms with van der Waals surface area (Å²) in [6.45, 7) is 0.432. The summed E-state index contributed by atoms with van der Waals surface area (Å²) in [6.07, 6.45) is -0.543. The summed E-state index contributed by atoms with van der Waals surface area (Å²) in [6, 6.07) is 14.4. The van der Waals surface area contributed by atoms with Crippen LogP contribution in [-0.2, 0) is 11.3 Å². The molecule has 3 N–H and O–H groups in total. The van der Waals surface area contributed by atoms with Crippen LogP contribution in [0.2, 0.25) is 0 Å². The number of carbonyl (C=O) groups excluding carboxylic acids is 2. The third-order valence-corrected chi connectivity index (χ3v) is 3.48. The van der Waals surface area contributed by atoms with Gasteiger partial charge in [-0.15, -0.1) is 0 Å². The first-order valence-corrected chi connectivity index (χ1v) is 7.74. The number of nitrogens with zero attached hydrogens (tertiary/aromatic N) is 1. The fraction of sp³-hybridized carbons (Fsp3) is 0.222. The van der Waals surface area contributed by atoms with Crippen molar-refractivity contribution in [1.29, 1.82) is 0 Å². The summed E-state index contributed by atoms with van der Waals surface area (Å²) in [4.78, 5) is 25.1. The van der Waals surface area contributed by atoms with Crippen molar-refractivity contribution in [3.8, 4) is 0 Å². The third-order valence-electron chi connectivity index (χ3n) is 3.48. The lowest BCUT2D eigenvalue weighted by atomic mass is 10.2. The van der Waals surface area contributed by atoms with Gasteiger partial charge >= 0.3 is 12.1 Å². The topological polar surface area (TPSA) is 82.7 Å². The number of benzene rings is 2. The second kappa shape index (κ2) is 8.58. The van der Waals surface area contributed by atoms with Gasteiger partial charge in [0.2, 0.25) is 0 Å². The highest BCUT2D eigenvalue weighted by Crippen LogP contribution is 2.14. The van der Waals surface area contributed by atoms with Crippen molar-refractivity contribution in [1.82, 2.24) is 5.32 Å². The minimum Gasteiger partial charge on any atom is -0.453 e. The normalized spacial score (nSPS) is 9.88. The van der Waals surface area contributed by atoms with Gasteiger partial charge in [-0.1, -0.05) is 12.1 Å². The average molecular weight is 342 g/mol. The van der Waals surface area contributed by atoms with Crippen LogP contribution in [0.3, 0.4) is 0 Å². The minimum absolute atomic E-state index is 0.301. The zero-order valence-electron chi connectivity index (χ0n) is 14.5. The van der Waals surface area contributed by atoms with Crippen molar-refractivity contribution < 1.29 is 14.3 Å². The molecule has 0 radical (unpaired) electrons. The zero-order chi connectivity index (χ0) is 18.2. The van der Waals surface area contributed by atoms with Crippen LogP contribution in [-0.4, -0.2) is 33.3 Å². The van der Waals surface area contributed by atoms with E-state index in [-0.39, 0.29) is 6.03 Å². The number of hydrogen-bond acceptors (Lipinski definition) is 4. The maximum absolute atomic E-state index is 11.9. The van der Waals surface area contributed by atoms with Crippen molar-refractivity contribution in [2.24, 2.45) is 0 Å². The van der Waals surface area contributed by atoms with Gasteiger partial charge in [-0.2, -0.15) is 0 Å². The van der Waals surface area contributed by atoms with Gasteiger partial charge in [-0.05, 0) is 42.0 Å². The quantitative estimate of drug-likeness (QED) is 0.779. The molecule has 0 aromatic heterocycles. The fourth-order valence-electron chi connectivity index (χ4n) is 2.08. The zero-order valence-corrected chi connectivity index (χ0v) is 14.5. The first kappa shape index (κ1) is 18.1. The molecule has 0 saturated heterocycles. The molecule has 132 valence electrons. The van der Waals surface area contributed by atoms with Crippen molar-refractivity contribution in [3.05, 3.63) is 54.1 Å². The van der Waals surface area contributed by atoms with E-state index in [1.807, 2.05) is 43.3 Å². The standard InChI is InChI=1S/C18H22N4O3/c1-22(2)16-10-4-13(5-11-16)12-19-17(23)20-14-6-8-15(9-7-14)21-18(24)25-3/h4-11H,12H2,1-3H3,(H,21,24)(H2,19,20,23). The van der Waals surface area contributed by atoms with Gasteiger partial charge in [0.25, 0.3) is 0 Å². The lowest BCUT2D eigenvalue weighted by Crippen LogP contribution is -2.28. The van der Waals surface area contributed by atoms with Crippen LogP contribution in [0.5, 0.6) is 0 Å². The van der Waals surface area contributed by atoms with E-state index in [0.717, 1.165) is 11.3 Å². The Balaban J connectivity index is 1.82. The van der Waals surface area contributed by atoms with Crippen LogP contribution in [0.4, 0.5) is 26.7 Å². The highest BCUT2D eigenvalue weighted by atomic mass is 16.5. The number of methoxy groups -OCH3 is 1. The van der Waals surface area contributed by atoms with Crippen LogP contribution < -0.4 is 20.9 Å². The molecule has 2 aromatic rings. The van der Waals surface area contributed by atoms with E-state index in [0.29, 0.717) is 17.9 Å². The van der Waals surface area contributed by atoms with Gasteiger partial charge in [0.15, 0.2) is 0 Å². The predicted octanol–water partition coefficient (Wildman–Crippen LogP) is 3.25. The molecule has 0 aliphatic rings. The summed E-state index contributed by atoms with van der Waals surface area (Å²) in [5.74, 6) is 0. The number of anilines is 3. The van der Waals surface area contributed by atoms with E-state index in [1.165, 1.54) is 7.11 Å². The van der Waals surface area contributed by atoms with Crippen LogP contribution >= 0.6 is 0 Å². The highest BCUT2D eigenvalue weighted by molar-refractivity contribution is 5.90. The number of ether oxygens (including phenoxy) is 1. The molecule has 2 aromatic carbocycles. The lowest BCUT2D eigenvalue weighted by Gasteiger charge is -2.13. The molecule has 25 heavy (non-hydrogen) atoms. The van der Waals surface area contributed by atoms with E-state index >= 15 is 0 Å². The van der Waals surface area contributed by atoms with Crippen molar-refractivity contribution in [3.63, 3.8) is 0 Å². The summed E-state index contributed by atoms with van der Waals surface area (Å²) in [7, 11) is 5.25. The third kappa shape index (κ3) is 5.72. The number of urea groups is 1. The molecule has 0 unspecified atom stereocenters. The monoisotopic (exact) mass is 342 g/mol. The summed E-state index contributed by atoms with van der Waals surface area (Å²) in [5, 5.41) is 8.07. The maximum atomic E-state index is 11.9. The first-order valence-electron chi connectivity index (χ1n) is 7.74. The van der Waals surface area contributed by atoms with Gasteiger partial charge in [0.05, 0.1) is 7.11 Å². The molecule has 0 heterocycles. The molecule has 0 bridgehead atoms. The Hall–Kier alpha value is -3.22. The number of nitrogens with one attached hydrogen (secondary N) is 3. The van der Waals surface area contributed by atoms with E-state index in [1.54, 1.807) is 24.3 Å². The van der Waals surface area contributed by atoms with Gasteiger partial charge in [0.1, 0.15) is 0 Å². The second-order valence-electron chi connectivity index (χ2n) is 5.56. The molecule has 0 aliphatic carbocycles. The summed E-state index contributed by atoms with van der Waals surface area (Å²) < 4.78 is 4.51. The Morgan fingerprint density at radius 1 is 0.920 bits per heavy atom. The van der Waals surface area contributed by atoms with Gasteiger partial charge in [-0.25, -0.2) is 9.59 Å². The van der Waals surface area contributed by atoms with E-state index < -0.39 is 6.09 Å². The van der Waals surface area contributed by atoms with E-state index in [2.05, 4.69) is 20.7 Å². The Kier molecular flexibility index (Phi) is 6.22. The lowest BCUT2D eigenvalue weighted by molar-refractivity contribution is 0.187. The summed E-state index contributed by atoms with van der Waals surface area (Å²) >= 11 is 0. The predicted molar refractivity (Wildman–Crippen MR) is 99.1 cm³/mol. The molecular weight excluding hydrogens is 320 g/mol. The Bertz CT molecular complexity index is 712. The molecule has 0 fully saturated rings. The SMILES string of the molecule is COC(=O)Nc1ccc(NC(=O)NCc2ccc(N(C)C)cc2)cc1. The number of amides is 3. The summed E-state index contributed by atoms with van der Waals surface area (Å²) in [5.41, 5.74) is 3.32.